The topological polar surface area (TPSA) is 78.5 Å². The first-order valence-corrected chi connectivity index (χ1v) is 11.2. The van der Waals surface area contributed by atoms with Crippen molar-refractivity contribution in [3.63, 3.8) is 0 Å². The number of hydrogen-bond donors (Lipinski definition) is 2. The van der Waals surface area contributed by atoms with Gasteiger partial charge < -0.3 is 10.6 Å². The van der Waals surface area contributed by atoms with Gasteiger partial charge in [0, 0.05) is 29.5 Å². The molecule has 6 nitrogen and oxygen atoms in total. The molecule has 1 aliphatic rings. The Labute approximate surface area is 170 Å². The number of carbonyl (C=O) groups excluding carboxylic acids is 1. The summed E-state index contributed by atoms with van der Waals surface area (Å²) < 4.78 is 27.4. The molecule has 1 aliphatic heterocycles. The van der Waals surface area contributed by atoms with Crippen LogP contribution in [0.4, 0.5) is 11.4 Å². The van der Waals surface area contributed by atoms with Crippen LogP contribution in [0.3, 0.4) is 0 Å². The van der Waals surface area contributed by atoms with E-state index in [1.165, 1.54) is 0 Å². The van der Waals surface area contributed by atoms with E-state index in [1.807, 2.05) is 0 Å². The summed E-state index contributed by atoms with van der Waals surface area (Å²) in [5.74, 6) is -0.233. The van der Waals surface area contributed by atoms with Crippen LogP contribution in [-0.4, -0.2) is 38.3 Å². The Bertz CT molecular complexity index is 909. The van der Waals surface area contributed by atoms with E-state index < -0.39 is 10.0 Å². The van der Waals surface area contributed by atoms with E-state index in [0.717, 1.165) is 25.7 Å². The van der Waals surface area contributed by atoms with Crippen molar-refractivity contribution in [2.45, 2.75) is 30.6 Å². The Kier molecular flexibility index (Phi) is 6.93. The molecular formula is C20H24ClN3O3S. The molecule has 3 rings (SSSR count). The number of halogens is 1. The quantitative estimate of drug-likeness (QED) is 0.740. The summed E-state index contributed by atoms with van der Waals surface area (Å²) in [6.45, 7) is 1.14. The molecule has 8 heteroatoms. The SMILES string of the molecule is O=C(CNc1cccc(S(=O)(=O)N2CCCCCC2)c1)Nc1ccc(Cl)cc1. The van der Waals surface area contributed by atoms with Crippen LogP contribution in [0, 0.1) is 0 Å². The van der Waals surface area contributed by atoms with Gasteiger partial charge in [-0.25, -0.2) is 8.42 Å². The maximum absolute atomic E-state index is 12.9. The lowest BCUT2D eigenvalue weighted by Gasteiger charge is -2.20. The van der Waals surface area contributed by atoms with E-state index in [4.69, 9.17) is 11.6 Å². The summed E-state index contributed by atoms with van der Waals surface area (Å²) in [7, 11) is -3.52. The molecule has 28 heavy (non-hydrogen) atoms. The second-order valence-corrected chi connectivity index (χ2v) is 9.13. The van der Waals surface area contributed by atoms with E-state index in [-0.39, 0.29) is 17.3 Å². The third-order valence-corrected chi connectivity index (χ3v) is 6.76. The minimum Gasteiger partial charge on any atom is -0.376 e. The third-order valence-electron chi connectivity index (χ3n) is 4.62. The zero-order chi connectivity index (χ0) is 20.0. The van der Waals surface area contributed by atoms with Crippen molar-refractivity contribution in [1.82, 2.24) is 4.31 Å². The number of benzene rings is 2. The van der Waals surface area contributed by atoms with Crippen LogP contribution in [0.25, 0.3) is 0 Å². The van der Waals surface area contributed by atoms with Gasteiger partial charge in [0.05, 0.1) is 11.4 Å². The largest absolute Gasteiger partial charge is 0.376 e. The highest BCUT2D eigenvalue weighted by molar-refractivity contribution is 7.89. The lowest BCUT2D eigenvalue weighted by Crippen LogP contribution is -2.32. The molecule has 2 aromatic rings. The van der Waals surface area contributed by atoms with Gasteiger partial charge in [0.1, 0.15) is 0 Å². The maximum Gasteiger partial charge on any atom is 0.243 e. The van der Waals surface area contributed by atoms with E-state index in [2.05, 4.69) is 10.6 Å². The van der Waals surface area contributed by atoms with E-state index in [0.29, 0.717) is 29.5 Å². The van der Waals surface area contributed by atoms with Crippen LogP contribution in [-0.2, 0) is 14.8 Å². The molecule has 0 aromatic heterocycles. The summed E-state index contributed by atoms with van der Waals surface area (Å²) in [5, 5.41) is 6.33. The molecule has 0 unspecified atom stereocenters. The van der Waals surface area contributed by atoms with Gasteiger partial charge in [-0.1, -0.05) is 30.5 Å². The number of nitrogens with one attached hydrogen (secondary N) is 2. The number of nitrogens with zero attached hydrogens (tertiary/aromatic N) is 1. The standard InChI is InChI=1S/C20H24ClN3O3S/c21-16-8-10-17(11-9-16)23-20(25)15-22-18-6-5-7-19(14-18)28(26,27)24-12-3-1-2-4-13-24/h5-11,14,22H,1-4,12-13,15H2,(H,23,25). The van der Waals surface area contributed by atoms with Crippen LogP contribution in [0.1, 0.15) is 25.7 Å². The number of sulfonamides is 1. The van der Waals surface area contributed by atoms with Gasteiger partial charge in [0.15, 0.2) is 0 Å². The van der Waals surface area contributed by atoms with Crippen molar-refractivity contribution in [3.05, 3.63) is 53.6 Å². The third kappa shape index (κ3) is 5.47. The van der Waals surface area contributed by atoms with Crippen molar-refractivity contribution in [2.75, 3.05) is 30.3 Å². The zero-order valence-electron chi connectivity index (χ0n) is 15.5. The predicted molar refractivity (Wildman–Crippen MR) is 112 cm³/mol. The first-order valence-electron chi connectivity index (χ1n) is 9.35. The molecular weight excluding hydrogens is 398 g/mol. The van der Waals surface area contributed by atoms with Gasteiger partial charge in [-0.05, 0) is 55.3 Å². The molecule has 150 valence electrons. The Balaban J connectivity index is 1.62. The monoisotopic (exact) mass is 421 g/mol. The molecule has 2 N–H and O–H groups in total. The van der Waals surface area contributed by atoms with Gasteiger partial charge in [0.2, 0.25) is 15.9 Å². The first-order chi connectivity index (χ1) is 13.4. The van der Waals surface area contributed by atoms with E-state index >= 15 is 0 Å². The summed E-state index contributed by atoms with van der Waals surface area (Å²) >= 11 is 5.83. The van der Waals surface area contributed by atoms with Crippen molar-refractivity contribution in [2.24, 2.45) is 0 Å². The molecule has 0 radical (unpaired) electrons. The Morgan fingerprint density at radius 3 is 2.32 bits per heavy atom. The maximum atomic E-state index is 12.9. The lowest BCUT2D eigenvalue weighted by molar-refractivity contribution is -0.114. The number of carbonyl (C=O) groups is 1. The van der Waals surface area contributed by atoms with Crippen molar-refractivity contribution in [1.29, 1.82) is 0 Å². The predicted octanol–water partition coefficient (Wildman–Crippen LogP) is 3.96. The van der Waals surface area contributed by atoms with Crippen LogP contribution < -0.4 is 10.6 Å². The zero-order valence-corrected chi connectivity index (χ0v) is 17.1. The van der Waals surface area contributed by atoms with E-state index in [1.54, 1.807) is 52.8 Å². The van der Waals surface area contributed by atoms with Crippen LogP contribution in [0.15, 0.2) is 53.4 Å². The molecule has 0 bridgehead atoms. The van der Waals surface area contributed by atoms with Gasteiger partial charge in [0.25, 0.3) is 0 Å². The summed E-state index contributed by atoms with van der Waals surface area (Å²) in [6, 6.07) is 13.4. The number of amides is 1. The molecule has 0 saturated carbocycles. The second kappa shape index (κ2) is 9.41. The second-order valence-electron chi connectivity index (χ2n) is 6.75. The Hall–Kier alpha value is -2.09. The van der Waals surface area contributed by atoms with Crippen LogP contribution in [0.2, 0.25) is 5.02 Å². The highest BCUT2D eigenvalue weighted by atomic mass is 35.5. The van der Waals surface area contributed by atoms with Crippen molar-refractivity contribution >= 4 is 38.9 Å². The fourth-order valence-electron chi connectivity index (χ4n) is 3.12. The molecule has 0 spiro atoms. The molecule has 2 aromatic carbocycles. The van der Waals surface area contributed by atoms with Gasteiger partial charge in [-0.15, -0.1) is 0 Å². The van der Waals surface area contributed by atoms with Gasteiger partial charge in [-0.2, -0.15) is 4.31 Å². The van der Waals surface area contributed by atoms with E-state index in [9.17, 15) is 13.2 Å². The first kappa shape index (κ1) is 20.6. The molecule has 1 saturated heterocycles. The minimum atomic E-state index is -3.52. The number of hydrogen-bond acceptors (Lipinski definition) is 4. The average Bonchev–Trinajstić information content (AvgIpc) is 2.99. The summed E-state index contributed by atoms with van der Waals surface area (Å²) in [6.07, 6.45) is 3.91. The van der Waals surface area contributed by atoms with Gasteiger partial charge >= 0.3 is 0 Å². The fraction of sp³-hybridized carbons (Fsp3) is 0.350. The fourth-order valence-corrected chi connectivity index (χ4v) is 4.81. The minimum absolute atomic E-state index is 0.0237. The van der Waals surface area contributed by atoms with Crippen LogP contribution in [0.5, 0.6) is 0 Å². The summed E-state index contributed by atoms with van der Waals surface area (Å²) in [4.78, 5) is 12.4. The normalized spacial score (nSPS) is 15.6. The Morgan fingerprint density at radius 1 is 0.964 bits per heavy atom. The molecule has 0 atom stereocenters. The molecule has 1 amide bonds. The van der Waals surface area contributed by atoms with Crippen molar-refractivity contribution < 1.29 is 13.2 Å². The highest BCUT2D eigenvalue weighted by Crippen LogP contribution is 2.22. The lowest BCUT2D eigenvalue weighted by atomic mass is 10.2. The Morgan fingerprint density at radius 2 is 1.64 bits per heavy atom. The number of anilines is 2. The average molecular weight is 422 g/mol. The van der Waals surface area contributed by atoms with Crippen LogP contribution >= 0.6 is 11.6 Å². The molecule has 1 heterocycles. The highest BCUT2D eigenvalue weighted by Gasteiger charge is 2.25. The number of rotatable bonds is 6. The molecule has 0 aliphatic carbocycles. The smallest absolute Gasteiger partial charge is 0.243 e. The van der Waals surface area contributed by atoms with Gasteiger partial charge in [-0.3, -0.25) is 4.79 Å². The molecule has 1 fully saturated rings. The summed E-state index contributed by atoms with van der Waals surface area (Å²) in [5.41, 5.74) is 1.23. The van der Waals surface area contributed by atoms with Crippen molar-refractivity contribution in [3.8, 4) is 0 Å².